The topological polar surface area (TPSA) is 49.3 Å². The zero-order valence-electron chi connectivity index (χ0n) is 12.2. The highest BCUT2D eigenvalue weighted by atomic mass is 32.2. The second-order valence-corrected chi connectivity index (χ2v) is 5.49. The number of aliphatic hydroxyl groups is 1. The summed E-state index contributed by atoms with van der Waals surface area (Å²) >= 11 is 1.72. The van der Waals surface area contributed by atoms with Crippen molar-refractivity contribution in [1.82, 2.24) is 5.32 Å². The van der Waals surface area contributed by atoms with E-state index in [0.717, 1.165) is 23.3 Å². The molecule has 0 fully saturated rings. The highest BCUT2D eigenvalue weighted by Crippen LogP contribution is 2.10. The highest BCUT2D eigenvalue weighted by Gasteiger charge is 2.12. The molecule has 0 spiro atoms. The summed E-state index contributed by atoms with van der Waals surface area (Å²) in [6.45, 7) is 3.82. The van der Waals surface area contributed by atoms with Crippen LogP contribution in [0.1, 0.15) is 34.8 Å². The molecule has 1 rings (SSSR count). The largest absolute Gasteiger partial charge is 0.384 e. The van der Waals surface area contributed by atoms with Gasteiger partial charge in [-0.25, -0.2) is 0 Å². The first-order chi connectivity index (χ1) is 9.60. The SMILES string of the molecule is CCC(CSC)NC(=O)c1cc(C)cc(C#CCO)c1. The summed E-state index contributed by atoms with van der Waals surface area (Å²) in [4.78, 5) is 12.2. The molecule has 0 saturated carbocycles. The lowest BCUT2D eigenvalue weighted by molar-refractivity contribution is 0.0940. The summed E-state index contributed by atoms with van der Waals surface area (Å²) in [5.41, 5.74) is 2.35. The van der Waals surface area contributed by atoms with E-state index < -0.39 is 0 Å². The number of thioether (sulfide) groups is 1. The summed E-state index contributed by atoms with van der Waals surface area (Å²) in [6.07, 6.45) is 2.94. The lowest BCUT2D eigenvalue weighted by Gasteiger charge is -2.16. The summed E-state index contributed by atoms with van der Waals surface area (Å²) < 4.78 is 0. The van der Waals surface area contributed by atoms with E-state index in [-0.39, 0.29) is 18.6 Å². The second kappa shape index (κ2) is 8.68. The number of aliphatic hydroxyl groups excluding tert-OH is 1. The Balaban J connectivity index is 2.89. The monoisotopic (exact) mass is 291 g/mol. The Morgan fingerprint density at radius 3 is 2.80 bits per heavy atom. The average Bonchev–Trinajstić information content (AvgIpc) is 2.43. The summed E-state index contributed by atoms with van der Waals surface area (Å²) in [5.74, 6) is 6.28. The van der Waals surface area contributed by atoms with Crippen LogP contribution in [0, 0.1) is 18.8 Å². The molecule has 0 radical (unpaired) electrons. The fourth-order valence-corrected chi connectivity index (χ4v) is 2.58. The molecule has 0 bridgehead atoms. The van der Waals surface area contributed by atoms with Crippen molar-refractivity contribution in [1.29, 1.82) is 0 Å². The van der Waals surface area contributed by atoms with Crippen molar-refractivity contribution in [2.45, 2.75) is 26.3 Å². The number of carbonyl (C=O) groups is 1. The fourth-order valence-electron chi connectivity index (χ4n) is 1.86. The van der Waals surface area contributed by atoms with Crippen LogP contribution in [0.25, 0.3) is 0 Å². The molecule has 3 nitrogen and oxygen atoms in total. The smallest absolute Gasteiger partial charge is 0.251 e. The molecule has 1 unspecified atom stereocenters. The fraction of sp³-hybridized carbons (Fsp3) is 0.438. The molecule has 0 aliphatic carbocycles. The minimum Gasteiger partial charge on any atom is -0.384 e. The van der Waals surface area contributed by atoms with E-state index in [9.17, 15) is 4.79 Å². The number of carbonyl (C=O) groups excluding carboxylic acids is 1. The minimum atomic E-state index is -0.179. The number of hydrogen-bond acceptors (Lipinski definition) is 3. The molecule has 1 aromatic rings. The maximum absolute atomic E-state index is 12.2. The Kier molecular flexibility index (Phi) is 7.21. The van der Waals surface area contributed by atoms with Gasteiger partial charge in [0.1, 0.15) is 6.61 Å². The average molecular weight is 291 g/mol. The Labute approximate surface area is 125 Å². The van der Waals surface area contributed by atoms with E-state index in [0.29, 0.717) is 5.56 Å². The number of amides is 1. The zero-order valence-corrected chi connectivity index (χ0v) is 13.0. The first kappa shape index (κ1) is 16.6. The van der Waals surface area contributed by atoms with Crippen LogP contribution >= 0.6 is 11.8 Å². The number of aryl methyl sites for hydroxylation is 1. The quantitative estimate of drug-likeness (QED) is 0.818. The van der Waals surface area contributed by atoms with E-state index in [1.807, 2.05) is 25.3 Å². The van der Waals surface area contributed by atoms with Crippen LogP contribution in [0.4, 0.5) is 0 Å². The maximum atomic E-state index is 12.2. The Morgan fingerprint density at radius 1 is 1.45 bits per heavy atom. The van der Waals surface area contributed by atoms with Gasteiger partial charge >= 0.3 is 0 Å². The molecular weight excluding hydrogens is 270 g/mol. The normalized spacial score (nSPS) is 11.4. The Hall–Kier alpha value is -1.44. The summed E-state index contributed by atoms with van der Waals surface area (Å²) in [6, 6.07) is 5.70. The van der Waals surface area contributed by atoms with Crippen LogP contribution in [0.15, 0.2) is 18.2 Å². The Morgan fingerprint density at radius 2 is 2.20 bits per heavy atom. The molecule has 20 heavy (non-hydrogen) atoms. The maximum Gasteiger partial charge on any atom is 0.251 e. The number of hydrogen-bond donors (Lipinski definition) is 2. The lowest BCUT2D eigenvalue weighted by atomic mass is 10.1. The van der Waals surface area contributed by atoms with E-state index >= 15 is 0 Å². The third kappa shape index (κ3) is 5.28. The van der Waals surface area contributed by atoms with E-state index in [4.69, 9.17) is 5.11 Å². The van der Waals surface area contributed by atoms with Crippen molar-refractivity contribution < 1.29 is 9.90 Å². The first-order valence-corrected chi connectivity index (χ1v) is 8.01. The second-order valence-electron chi connectivity index (χ2n) is 4.58. The van der Waals surface area contributed by atoms with Crippen LogP contribution < -0.4 is 5.32 Å². The summed E-state index contributed by atoms with van der Waals surface area (Å²) in [5, 5.41) is 11.8. The van der Waals surface area contributed by atoms with Crippen molar-refractivity contribution in [3.63, 3.8) is 0 Å². The third-order valence-electron chi connectivity index (χ3n) is 2.85. The van der Waals surface area contributed by atoms with Gasteiger partial charge in [-0.05, 0) is 43.4 Å². The van der Waals surface area contributed by atoms with Gasteiger partial charge in [-0.15, -0.1) is 0 Å². The number of nitrogens with one attached hydrogen (secondary N) is 1. The molecule has 0 aliphatic heterocycles. The van der Waals surface area contributed by atoms with Gasteiger partial charge in [-0.1, -0.05) is 18.8 Å². The predicted molar refractivity (Wildman–Crippen MR) is 85.1 cm³/mol. The lowest BCUT2D eigenvalue weighted by Crippen LogP contribution is -2.36. The molecule has 4 heteroatoms. The van der Waals surface area contributed by atoms with Crippen molar-refractivity contribution in [2.75, 3.05) is 18.6 Å². The number of rotatable bonds is 5. The molecule has 0 saturated heterocycles. The number of benzene rings is 1. The third-order valence-corrected chi connectivity index (χ3v) is 3.58. The van der Waals surface area contributed by atoms with Crippen LogP contribution in [0.3, 0.4) is 0 Å². The predicted octanol–water partition coefficient (Wildman–Crippen LogP) is 2.21. The van der Waals surface area contributed by atoms with Gasteiger partial charge in [0.05, 0.1) is 0 Å². The molecule has 0 aliphatic rings. The molecule has 1 atom stereocenters. The van der Waals surface area contributed by atoms with Crippen molar-refractivity contribution in [3.05, 3.63) is 34.9 Å². The van der Waals surface area contributed by atoms with Gasteiger partial charge < -0.3 is 10.4 Å². The molecule has 0 aromatic heterocycles. The molecule has 108 valence electrons. The van der Waals surface area contributed by atoms with Crippen LogP contribution in [0.2, 0.25) is 0 Å². The molecule has 2 N–H and O–H groups in total. The highest BCUT2D eigenvalue weighted by molar-refractivity contribution is 7.98. The Bertz CT molecular complexity index is 517. The van der Waals surface area contributed by atoms with Gasteiger partial charge in [0.15, 0.2) is 0 Å². The van der Waals surface area contributed by atoms with Crippen molar-refractivity contribution >= 4 is 17.7 Å². The standard InChI is InChI=1S/C16H21NO2S/c1-4-15(11-20-3)17-16(19)14-9-12(2)8-13(10-14)6-5-7-18/h8-10,15,18H,4,7,11H2,1-3H3,(H,17,19). The van der Waals surface area contributed by atoms with Gasteiger partial charge in [0, 0.05) is 22.9 Å². The van der Waals surface area contributed by atoms with Crippen molar-refractivity contribution in [3.8, 4) is 11.8 Å². The van der Waals surface area contributed by atoms with Gasteiger partial charge in [-0.2, -0.15) is 11.8 Å². The molecule has 0 heterocycles. The minimum absolute atomic E-state index is 0.0679. The van der Waals surface area contributed by atoms with Gasteiger partial charge in [-0.3, -0.25) is 4.79 Å². The van der Waals surface area contributed by atoms with Crippen LogP contribution in [-0.2, 0) is 0 Å². The molecule has 1 amide bonds. The van der Waals surface area contributed by atoms with E-state index in [1.165, 1.54) is 0 Å². The van der Waals surface area contributed by atoms with Crippen molar-refractivity contribution in [2.24, 2.45) is 0 Å². The summed E-state index contributed by atoms with van der Waals surface area (Å²) in [7, 11) is 0. The van der Waals surface area contributed by atoms with E-state index in [2.05, 4.69) is 24.1 Å². The van der Waals surface area contributed by atoms with Gasteiger partial charge in [0.2, 0.25) is 0 Å². The van der Waals surface area contributed by atoms with Crippen LogP contribution in [-0.4, -0.2) is 35.7 Å². The van der Waals surface area contributed by atoms with Crippen LogP contribution in [0.5, 0.6) is 0 Å². The first-order valence-electron chi connectivity index (χ1n) is 6.62. The molecular formula is C16H21NO2S. The van der Waals surface area contributed by atoms with E-state index in [1.54, 1.807) is 17.8 Å². The zero-order chi connectivity index (χ0) is 15.0. The van der Waals surface area contributed by atoms with Gasteiger partial charge in [0.25, 0.3) is 5.91 Å². The molecule has 1 aromatic carbocycles.